The van der Waals surface area contributed by atoms with Crippen molar-refractivity contribution in [1.29, 1.82) is 0 Å². The summed E-state index contributed by atoms with van der Waals surface area (Å²) in [5.74, 6) is -0.327. The number of hydrogen-bond donors (Lipinski definition) is 3. The summed E-state index contributed by atoms with van der Waals surface area (Å²) in [6.07, 6.45) is 1.06. The number of nitrogens with one attached hydrogen (secondary N) is 3. The molecule has 234 valence electrons. The highest BCUT2D eigenvalue weighted by atomic mass is 35.5. The van der Waals surface area contributed by atoms with Gasteiger partial charge in [-0.2, -0.15) is 0 Å². The highest BCUT2D eigenvalue weighted by Gasteiger charge is 2.43. The molecule has 1 saturated heterocycles. The van der Waals surface area contributed by atoms with Crippen LogP contribution in [0.1, 0.15) is 64.5 Å². The third-order valence-electron chi connectivity index (χ3n) is 7.28. The monoisotopic (exact) mass is 614 g/mol. The molecule has 10 nitrogen and oxygen atoms in total. The van der Waals surface area contributed by atoms with Crippen LogP contribution in [0.2, 0.25) is 5.02 Å². The van der Waals surface area contributed by atoms with Gasteiger partial charge in [0.15, 0.2) is 0 Å². The largest absolute Gasteiger partial charge is 0.448 e. The van der Waals surface area contributed by atoms with Gasteiger partial charge in [0, 0.05) is 43.3 Å². The highest BCUT2D eigenvalue weighted by Crippen LogP contribution is 2.33. The molecule has 0 bridgehead atoms. The number of rotatable bonds is 11. The Balaban J connectivity index is 1.57. The molecule has 1 aliphatic rings. The van der Waals surface area contributed by atoms with Gasteiger partial charge in [-0.05, 0) is 75.8 Å². The number of halogens is 1. The number of ether oxygens (including phenoxy) is 2. The van der Waals surface area contributed by atoms with E-state index in [0.717, 1.165) is 17.5 Å². The minimum atomic E-state index is -1.01. The average Bonchev–Trinajstić information content (AvgIpc) is 2.97. The van der Waals surface area contributed by atoms with E-state index in [1.54, 1.807) is 43.9 Å². The van der Waals surface area contributed by atoms with Gasteiger partial charge in [0.2, 0.25) is 11.8 Å². The topological polar surface area (TPSA) is 126 Å². The predicted octanol–water partition coefficient (Wildman–Crippen LogP) is 5.68. The normalized spacial score (nSPS) is 14.4. The predicted molar refractivity (Wildman–Crippen MR) is 166 cm³/mol. The minimum Gasteiger partial charge on any atom is -0.448 e. The Morgan fingerprint density at radius 1 is 0.953 bits per heavy atom. The van der Waals surface area contributed by atoms with Gasteiger partial charge in [-0.1, -0.05) is 48.9 Å². The second-order valence-corrected chi connectivity index (χ2v) is 12.1. The average molecular weight is 615 g/mol. The Morgan fingerprint density at radius 3 is 2.26 bits per heavy atom. The van der Waals surface area contributed by atoms with E-state index in [1.165, 1.54) is 0 Å². The molecule has 1 heterocycles. The van der Waals surface area contributed by atoms with Gasteiger partial charge < -0.3 is 25.0 Å². The van der Waals surface area contributed by atoms with Crippen LogP contribution >= 0.6 is 11.6 Å². The van der Waals surface area contributed by atoms with E-state index in [-0.39, 0.29) is 31.4 Å². The number of piperidine rings is 1. The Labute approximate surface area is 258 Å². The quantitative estimate of drug-likeness (QED) is 0.280. The molecule has 1 aliphatic heterocycles. The van der Waals surface area contributed by atoms with E-state index < -0.39 is 23.2 Å². The number of benzene rings is 2. The fraction of sp³-hybridized carbons (Fsp3) is 0.500. The van der Waals surface area contributed by atoms with Crippen LogP contribution < -0.4 is 16.0 Å². The lowest BCUT2D eigenvalue weighted by Gasteiger charge is -2.40. The molecule has 3 rings (SSSR count). The van der Waals surface area contributed by atoms with Crippen LogP contribution in [0.25, 0.3) is 0 Å². The number of likely N-dealkylation sites (tertiary alicyclic amines) is 1. The van der Waals surface area contributed by atoms with E-state index >= 15 is 0 Å². The third-order valence-corrected chi connectivity index (χ3v) is 7.64. The van der Waals surface area contributed by atoms with Gasteiger partial charge in [-0.25, -0.2) is 9.59 Å². The molecule has 0 aromatic heterocycles. The molecule has 43 heavy (non-hydrogen) atoms. The van der Waals surface area contributed by atoms with Crippen molar-refractivity contribution in [2.45, 2.75) is 71.9 Å². The van der Waals surface area contributed by atoms with Crippen LogP contribution in [0, 0.1) is 5.41 Å². The molecule has 11 heteroatoms. The van der Waals surface area contributed by atoms with Gasteiger partial charge in [0.25, 0.3) is 0 Å². The standard InChI is InChI=1S/C32H43ClN4O6/c1-5-23-12-14-25(15-13-23)36-30(41)42-22-32(28(39)35-21-24-9-6-7-10-26(24)33)16-19-37(20-17-32)27(38)11-8-18-34-29(40)43-31(2,3)4/h6-7,9-10,12-15H,5,8,11,16-22H2,1-4H3,(H,34,40)(H,35,39)(H,36,41). The van der Waals surface area contributed by atoms with Crippen LogP contribution in [0.15, 0.2) is 48.5 Å². The fourth-order valence-corrected chi connectivity index (χ4v) is 4.91. The lowest BCUT2D eigenvalue weighted by Crippen LogP contribution is -2.52. The van der Waals surface area contributed by atoms with Crippen molar-refractivity contribution in [3.8, 4) is 0 Å². The number of alkyl carbamates (subject to hydrolysis) is 1. The maximum absolute atomic E-state index is 13.6. The molecule has 0 aliphatic carbocycles. The molecule has 3 N–H and O–H groups in total. The van der Waals surface area contributed by atoms with Crippen molar-refractivity contribution in [1.82, 2.24) is 15.5 Å². The van der Waals surface area contributed by atoms with Crippen LogP contribution in [0.5, 0.6) is 0 Å². The zero-order valence-corrected chi connectivity index (χ0v) is 26.2. The summed E-state index contributed by atoms with van der Waals surface area (Å²) in [7, 11) is 0. The fourth-order valence-electron chi connectivity index (χ4n) is 4.71. The Hall–Kier alpha value is -3.79. The van der Waals surface area contributed by atoms with Crippen molar-refractivity contribution >= 4 is 41.3 Å². The molecule has 0 saturated carbocycles. The number of amides is 4. The molecule has 2 aromatic carbocycles. The SMILES string of the molecule is CCc1ccc(NC(=O)OCC2(C(=O)NCc3ccccc3Cl)CCN(C(=O)CCCNC(=O)OC(C)(C)C)CC2)cc1. The Bertz CT molecular complexity index is 1250. The van der Waals surface area contributed by atoms with Gasteiger partial charge in [-0.15, -0.1) is 0 Å². The summed E-state index contributed by atoms with van der Waals surface area (Å²) in [6.45, 7) is 8.47. The summed E-state index contributed by atoms with van der Waals surface area (Å²) in [5, 5.41) is 8.88. The summed E-state index contributed by atoms with van der Waals surface area (Å²) in [5.41, 5.74) is 0.911. The number of anilines is 1. The lowest BCUT2D eigenvalue weighted by molar-refractivity contribution is -0.143. The van der Waals surface area contributed by atoms with Crippen molar-refractivity contribution in [2.75, 3.05) is 31.6 Å². The van der Waals surface area contributed by atoms with E-state index in [1.807, 2.05) is 30.3 Å². The summed E-state index contributed by atoms with van der Waals surface area (Å²) in [6, 6.07) is 14.7. The third kappa shape index (κ3) is 10.8. The second-order valence-electron chi connectivity index (χ2n) is 11.7. The molecule has 2 aromatic rings. The van der Waals surface area contributed by atoms with Gasteiger partial charge in [0.1, 0.15) is 12.2 Å². The van der Waals surface area contributed by atoms with Crippen molar-refractivity contribution in [3.05, 3.63) is 64.7 Å². The molecule has 4 amide bonds. The van der Waals surface area contributed by atoms with Crippen LogP contribution in [0.3, 0.4) is 0 Å². The van der Waals surface area contributed by atoms with E-state index in [9.17, 15) is 19.2 Å². The van der Waals surface area contributed by atoms with Crippen LogP contribution in [0.4, 0.5) is 15.3 Å². The molecule has 0 atom stereocenters. The molecule has 0 radical (unpaired) electrons. The molecule has 1 fully saturated rings. The molecule has 0 spiro atoms. The van der Waals surface area contributed by atoms with Gasteiger partial charge in [0.05, 0.1) is 5.41 Å². The van der Waals surface area contributed by atoms with Gasteiger partial charge in [-0.3, -0.25) is 14.9 Å². The van der Waals surface area contributed by atoms with Crippen molar-refractivity contribution in [2.24, 2.45) is 5.41 Å². The van der Waals surface area contributed by atoms with E-state index in [0.29, 0.717) is 49.6 Å². The number of carbonyl (C=O) groups excluding carboxylic acids is 4. The zero-order chi connectivity index (χ0) is 31.5. The number of aryl methyl sites for hydroxylation is 1. The Morgan fingerprint density at radius 2 is 1.63 bits per heavy atom. The Kier molecular flexibility index (Phi) is 12.2. The number of hydrogen-bond acceptors (Lipinski definition) is 6. The van der Waals surface area contributed by atoms with Crippen LogP contribution in [-0.4, -0.2) is 60.7 Å². The first-order valence-electron chi connectivity index (χ1n) is 14.7. The molecule has 0 unspecified atom stereocenters. The molecular weight excluding hydrogens is 572 g/mol. The van der Waals surface area contributed by atoms with Crippen molar-refractivity contribution < 1.29 is 28.7 Å². The van der Waals surface area contributed by atoms with Crippen molar-refractivity contribution in [3.63, 3.8) is 0 Å². The zero-order valence-electron chi connectivity index (χ0n) is 25.5. The lowest BCUT2D eigenvalue weighted by atomic mass is 9.78. The maximum Gasteiger partial charge on any atom is 0.411 e. The first-order valence-corrected chi connectivity index (χ1v) is 15.1. The molecular formula is C32H43ClN4O6. The number of nitrogens with zero attached hydrogens (tertiary/aromatic N) is 1. The highest BCUT2D eigenvalue weighted by molar-refractivity contribution is 6.31. The summed E-state index contributed by atoms with van der Waals surface area (Å²) in [4.78, 5) is 52.7. The minimum absolute atomic E-state index is 0.0646. The first-order chi connectivity index (χ1) is 20.4. The van der Waals surface area contributed by atoms with E-state index in [4.69, 9.17) is 21.1 Å². The number of carbonyl (C=O) groups is 4. The van der Waals surface area contributed by atoms with Gasteiger partial charge >= 0.3 is 12.2 Å². The van der Waals surface area contributed by atoms with E-state index in [2.05, 4.69) is 22.9 Å². The maximum atomic E-state index is 13.6. The smallest absolute Gasteiger partial charge is 0.411 e. The second kappa shape index (κ2) is 15.6. The first kappa shape index (κ1) is 33.7. The summed E-state index contributed by atoms with van der Waals surface area (Å²) >= 11 is 6.28. The summed E-state index contributed by atoms with van der Waals surface area (Å²) < 4.78 is 10.8. The van der Waals surface area contributed by atoms with Crippen LogP contribution in [-0.2, 0) is 32.0 Å².